The van der Waals surface area contributed by atoms with Gasteiger partial charge in [0.05, 0.1) is 0 Å². The molecular weight excluding hydrogens is 176 g/mol. The van der Waals surface area contributed by atoms with Gasteiger partial charge in [-0.15, -0.1) is 0 Å². The molecule has 0 spiro atoms. The molecule has 1 aromatic rings. The number of nitrogens with zero attached hydrogens (tertiary/aromatic N) is 2. The Kier molecular flexibility index (Phi) is 24.1. The zero-order chi connectivity index (χ0) is 12.0. The quantitative estimate of drug-likeness (QED) is 0.700. The Bertz CT molecular complexity index is 152. The predicted molar refractivity (Wildman–Crippen MR) is 62.3 cm³/mol. The van der Waals surface area contributed by atoms with E-state index in [1.165, 1.54) is 0 Å². The number of aryl methyl sites for hydroxylation is 2. The van der Waals surface area contributed by atoms with E-state index in [1.807, 2.05) is 53.9 Å². The summed E-state index contributed by atoms with van der Waals surface area (Å²) in [6.45, 7) is 11.8. The normalized spacial score (nSPS) is 6.57. The minimum absolute atomic E-state index is 0.829. The minimum atomic E-state index is 0.829. The summed E-state index contributed by atoms with van der Waals surface area (Å²) >= 11 is 0. The first-order valence-electron chi connectivity index (χ1n) is 4.99. The Balaban J connectivity index is -0.000000174. The molecule has 1 N–H and O–H groups in total. The SMILES string of the molecule is CC.CC.CO.Cc1cnc(C)nc1. The fourth-order valence-electron chi connectivity index (χ4n) is 0.457. The van der Waals surface area contributed by atoms with Crippen LogP contribution in [0.5, 0.6) is 0 Å². The second-order valence-corrected chi connectivity index (χ2v) is 1.81. The summed E-state index contributed by atoms with van der Waals surface area (Å²) < 4.78 is 0. The Morgan fingerprint density at radius 3 is 1.36 bits per heavy atom. The molecule has 0 saturated heterocycles. The van der Waals surface area contributed by atoms with Crippen molar-refractivity contribution in [2.75, 3.05) is 7.11 Å². The van der Waals surface area contributed by atoms with Gasteiger partial charge in [0.15, 0.2) is 0 Å². The van der Waals surface area contributed by atoms with Crippen molar-refractivity contribution in [3.05, 3.63) is 23.8 Å². The first kappa shape index (κ1) is 18.8. The number of hydrogen-bond donors (Lipinski definition) is 1. The van der Waals surface area contributed by atoms with E-state index >= 15 is 0 Å². The van der Waals surface area contributed by atoms with Gasteiger partial charge in [0.1, 0.15) is 5.82 Å². The lowest BCUT2D eigenvalue weighted by Crippen LogP contribution is -1.84. The molecule has 3 heteroatoms. The third kappa shape index (κ3) is 13.6. The summed E-state index contributed by atoms with van der Waals surface area (Å²) in [6, 6.07) is 0. The second-order valence-electron chi connectivity index (χ2n) is 1.81. The molecule has 84 valence electrons. The molecule has 0 atom stereocenters. The van der Waals surface area contributed by atoms with Crippen LogP contribution in [0, 0.1) is 13.8 Å². The van der Waals surface area contributed by atoms with E-state index < -0.39 is 0 Å². The molecule has 0 bridgehead atoms. The van der Waals surface area contributed by atoms with Crippen LogP contribution in [0.15, 0.2) is 12.4 Å². The van der Waals surface area contributed by atoms with Crippen molar-refractivity contribution >= 4 is 0 Å². The lowest BCUT2D eigenvalue weighted by atomic mass is 10.4. The lowest BCUT2D eigenvalue weighted by molar-refractivity contribution is 0.399. The van der Waals surface area contributed by atoms with Crippen LogP contribution in [-0.4, -0.2) is 22.2 Å². The number of aliphatic hydroxyl groups is 1. The zero-order valence-electron chi connectivity index (χ0n) is 10.5. The molecule has 0 aliphatic rings. The second kappa shape index (κ2) is 18.0. The average Bonchev–Trinajstić information content (AvgIpc) is 2.31. The van der Waals surface area contributed by atoms with Crippen LogP contribution in [-0.2, 0) is 0 Å². The van der Waals surface area contributed by atoms with Gasteiger partial charge in [-0.25, -0.2) is 9.97 Å². The number of aromatic nitrogens is 2. The van der Waals surface area contributed by atoms with Crippen molar-refractivity contribution in [1.29, 1.82) is 0 Å². The summed E-state index contributed by atoms with van der Waals surface area (Å²) in [6.07, 6.45) is 3.62. The van der Waals surface area contributed by atoms with E-state index in [4.69, 9.17) is 5.11 Å². The molecule has 0 aliphatic carbocycles. The van der Waals surface area contributed by atoms with Crippen molar-refractivity contribution in [3.8, 4) is 0 Å². The van der Waals surface area contributed by atoms with Crippen molar-refractivity contribution < 1.29 is 5.11 Å². The molecule has 0 saturated carbocycles. The molecule has 0 amide bonds. The molecule has 0 fully saturated rings. The van der Waals surface area contributed by atoms with E-state index in [0.29, 0.717) is 0 Å². The monoisotopic (exact) mass is 200 g/mol. The highest BCUT2D eigenvalue weighted by Crippen LogP contribution is 1.89. The van der Waals surface area contributed by atoms with Crippen molar-refractivity contribution in [1.82, 2.24) is 9.97 Å². The lowest BCUT2D eigenvalue weighted by Gasteiger charge is -1.88. The average molecular weight is 200 g/mol. The topological polar surface area (TPSA) is 46.0 Å². The van der Waals surface area contributed by atoms with E-state index in [-0.39, 0.29) is 0 Å². The molecule has 0 aromatic carbocycles. The molecule has 0 aliphatic heterocycles. The molecule has 1 rings (SSSR count). The molecule has 1 heterocycles. The Morgan fingerprint density at radius 1 is 0.857 bits per heavy atom. The van der Waals surface area contributed by atoms with Crippen LogP contribution in [0.2, 0.25) is 0 Å². The Hall–Kier alpha value is -0.960. The first-order valence-corrected chi connectivity index (χ1v) is 4.99. The van der Waals surface area contributed by atoms with Gasteiger partial charge in [-0.1, -0.05) is 27.7 Å². The van der Waals surface area contributed by atoms with Gasteiger partial charge in [0.25, 0.3) is 0 Å². The van der Waals surface area contributed by atoms with Gasteiger partial charge in [-0.05, 0) is 19.4 Å². The number of rotatable bonds is 0. The third-order valence-corrected chi connectivity index (χ3v) is 0.910. The van der Waals surface area contributed by atoms with Crippen LogP contribution in [0.4, 0.5) is 0 Å². The van der Waals surface area contributed by atoms with Crippen molar-refractivity contribution in [2.45, 2.75) is 41.5 Å². The van der Waals surface area contributed by atoms with Crippen LogP contribution in [0.3, 0.4) is 0 Å². The largest absolute Gasteiger partial charge is 0.400 e. The zero-order valence-corrected chi connectivity index (χ0v) is 10.5. The molecule has 3 nitrogen and oxygen atoms in total. The van der Waals surface area contributed by atoms with Crippen LogP contribution in [0.25, 0.3) is 0 Å². The molecule has 1 aromatic heterocycles. The maximum atomic E-state index is 7.00. The van der Waals surface area contributed by atoms with Gasteiger partial charge >= 0.3 is 0 Å². The third-order valence-electron chi connectivity index (χ3n) is 0.910. The molecule has 0 radical (unpaired) electrons. The van der Waals surface area contributed by atoms with Crippen LogP contribution < -0.4 is 0 Å². The summed E-state index contributed by atoms with van der Waals surface area (Å²) in [7, 11) is 1.00. The molecule has 14 heavy (non-hydrogen) atoms. The van der Waals surface area contributed by atoms with E-state index in [9.17, 15) is 0 Å². The van der Waals surface area contributed by atoms with Crippen LogP contribution in [0.1, 0.15) is 39.1 Å². The highest BCUT2D eigenvalue weighted by atomic mass is 16.2. The highest BCUT2D eigenvalue weighted by molar-refractivity contribution is 5.00. The molecule has 0 unspecified atom stereocenters. The summed E-state index contributed by atoms with van der Waals surface area (Å²) in [5.74, 6) is 0.829. The summed E-state index contributed by atoms with van der Waals surface area (Å²) in [5, 5.41) is 7.00. The van der Waals surface area contributed by atoms with E-state index in [0.717, 1.165) is 18.5 Å². The first-order chi connectivity index (χ1) is 6.79. The predicted octanol–water partition coefficient (Wildman–Crippen LogP) is 2.75. The van der Waals surface area contributed by atoms with E-state index in [2.05, 4.69) is 9.97 Å². The maximum Gasteiger partial charge on any atom is 0.125 e. The van der Waals surface area contributed by atoms with Gasteiger partial charge in [0.2, 0.25) is 0 Å². The summed E-state index contributed by atoms with van der Waals surface area (Å²) in [5.41, 5.74) is 1.11. The highest BCUT2D eigenvalue weighted by Gasteiger charge is 1.82. The van der Waals surface area contributed by atoms with Gasteiger partial charge in [0, 0.05) is 19.5 Å². The fraction of sp³-hybridized carbons (Fsp3) is 0.636. The minimum Gasteiger partial charge on any atom is -0.400 e. The smallest absolute Gasteiger partial charge is 0.125 e. The Morgan fingerprint density at radius 2 is 1.14 bits per heavy atom. The van der Waals surface area contributed by atoms with Gasteiger partial charge in [-0.2, -0.15) is 0 Å². The van der Waals surface area contributed by atoms with Crippen molar-refractivity contribution in [3.63, 3.8) is 0 Å². The fourth-order valence-corrected chi connectivity index (χ4v) is 0.457. The standard InChI is InChI=1S/C6H8N2.2C2H6.CH4O/c1-5-3-7-6(2)8-4-5;3*1-2/h3-4H,1-2H3;2*1-2H3;2H,1H3. The number of hydrogen-bond acceptors (Lipinski definition) is 3. The van der Waals surface area contributed by atoms with E-state index in [1.54, 1.807) is 0 Å². The Labute approximate surface area is 88.2 Å². The number of aliphatic hydroxyl groups excluding tert-OH is 1. The van der Waals surface area contributed by atoms with Gasteiger partial charge < -0.3 is 5.11 Å². The summed E-state index contributed by atoms with van der Waals surface area (Å²) in [4.78, 5) is 7.94. The van der Waals surface area contributed by atoms with Gasteiger partial charge in [-0.3, -0.25) is 0 Å². The maximum absolute atomic E-state index is 7.00. The van der Waals surface area contributed by atoms with Crippen LogP contribution >= 0.6 is 0 Å². The van der Waals surface area contributed by atoms with Crippen molar-refractivity contribution in [2.24, 2.45) is 0 Å². The molecular formula is C11H24N2O.